The molecule has 2 aromatic rings. The molecule has 1 aromatic heterocycles. The Morgan fingerprint density at radius 1 is 1.44 bits per heavy atom. The fourth-order valence-electron chi connectivity index (χ4n) is 3.64. The van der Waals surface area contributed by atoms with Crippen LogP contribution < -0.4 is 10.1 Å². The number of benzene rings is 1. The maximum absolute atomic E-state index is 11.4. The van der Waals surface area contributed by atoms with Gasteiger partial charge in [-0.15, -0.1) is 0 Å². The molecule has 0 bridgehead atoms. The number of rotatable bonds is 6. The number of carbonyl (C=O) groups is 1. The minimum Gasteiger partial charge on any atom is -0.497 e. The van der Waals surface area contributed by atoms with Crippen molar-refractivity contribution < 1.29 is 19.7 Å². The Morgan fingerprint density at radius 2 is 2.28 bits per heavy atom. The summed E-state index contributed by atoms with van der Waals surface area (Å²) in [7, 11) is 1.61. The maximum Gasteiger partial charge on any atom is 0.308 e. The van der Waals surface area contributed by atoms with E-state index in [2.05, 4.69) is 10.3 Å². The first-order chi connectivity index (χ1) is 12.1. The highest BCUT2D eigenvalue weighted by molar-refractivity contribution is 5.83. The van der Waals surface area contributed by atoms with E-state index in [1.807, 2.05) is 24.3 Å². The molecule has 0 saturated carbocycles. The number of carboxylic acids is 1. The lowest BCUT2D eigenvalue weighted by Crippen LogP contribution is -2.40. The molecule has 0 aliphatic carbocycles. The Labute approximate surface area is 146 Å². The smallest absolute Gasteiger partial charge is 0.308 e. The van der Waals surface area contributed by atoms with Crippen molar-refractivity contribution in [3.63, 3.8) is 0 Å². The van der Waals surface area contributed by atoms with E-state index in [0.717, 1.165) is 35.2 Å². The minimum absolute atomic E-state index is 0.0936. The number of fused-ring (bicyclic) bond motifs is 1. The molecule has 3 atom stereocenters. The van der Waals surface area contributed by atoms with Crippen molar-refractivity contribution in [3.8, 4) is 5.75 Å². The summed E-state index contributed by atoms with van der Waals surface area (Å²) in [6.07, 6.45) is 3.09. The van der Waals surface area contributed by atoms with Crippen molar-refractivity contribution >= 4 is 16.9 Å². The van der Waals surface area contributed by atoms with Gasteiger partial charge in [-0.1, -0.05) is 0 Å². The van der Waals surface area contributed by atoms with Gasteiger partial charge in [-0.05, 0) is 61.6 Å². The molecule has 0 radical (unpaired) electrons. The summed E-state index contributed by atoms with van der Waals surface area (Å²) in [6.45, 7) is 1.34. The summed E-state index contributed by atoms with van der Waals surface area (Å²) in [4.78, 5) is 15.7. The van der Waals surface area contributed by atoms with E-state index in [4.69, 9.17) is 4.74 Å². The zero-order valence-corrected chi connectivity index (χ0v) is 14.3. The van der Waals surface area contributed by atoms with E-state index in [1.54, 1.807) is 13.3 Å². The molecule has 2 heterocycles. The van der Waals surface area contributed by atoms with Crippen LogP contribution >= 0.6 is 0 Å². The number of aromatic nitrogens is 1. The van der Waals surface area contributed by atoms with Gasteiger partial charge in [-0.3, -0.25) is 9.78 Å². The van der Waals surface area contributed by atoms with Gasteiger partial charge in [-0.2, -0.15) is 0 Å². The highest BCUT2D eigenvalue weighted by Gasteiger charge is 2.31. The first-order valence-electron chi connectivity index (χ1n) is 8.64. The normalized spacial score (nSPS) is 21.8. The summed E-state index contributed by atoms with van der Waals surface area (Å²) in [5.41, 5.74) is 1.62. The fraction of sp³-hybridized carbons (Fsp3) is 0.474. The van der Waals surface area contributed by atoms with Crippen LogP contribution in [0.5, 0.6) is 5.75 Å². The number of hydrogen-bond donors (Lipinski definition) is 3. The van der Waals surface area contributed by atoms with Gasteiger partial charge < -0.3 is 20.3 Å². The number of aliphatic hydroxyl groups excluding tert-OH is 1. The lowest BCUT2D eigenvalue weighted by atomic mass is 9.82. The van der Waals surface area contributed by atoms with Crippen molar-refractivity contribution in [2.45, 2.75) is 25.4 Å². The van der Waals surface area contributed by atoms with Crippen LogP contribution in [-0.4, -0.2) is 41.4 Å². The molecular weight excluding hydrogens is 320 g/mol. The Morgan fingerprint density at radius 3 is 3.04 bits per heavy atom. The molecule has 0 spiro atoms. The summed E-state index contributed by atoms with van der Waals surface area (Å²) in [5.74, 6) is -0.324. The Kier molecular flexibility index (Phi) is 5.50. The van der Waals surface area contributed by atoms with Crippen LogP contribution in [-0.2, 0) is 4.79 Å². The average molecular weight is 344 g/mol. The Balaban J connectivity index is 1.75. The van der Waals surface area contributed by atoms with Crippen LogP contribution in [0.1, 0.15) is 30.9 Å². The summed E-state index contributed by atoms with van der Waals surface area (Å²) in [6, 6.07) is 7.42. The molecule has 1 aliphatic rings. The van der Waals surface area contributed by atoms with E-state index in [-0.39, 0.29) is 11.8 Å². The third-order valence-electron chi connectivity index (χ3n) is 5.09. The van der Waals surface area contributed by atoms with Crippen LogP contribution in [0.2, 0.25) is 0 Å². The zero-order chi connectivity index (χ0) is 17.8. The molecule has 1 aliphatic heterocycles. The lowest BCUT2D eigenvalue weighted by Gasteiger charge is -2.30. The predicted molar refractivity (Wildman–Crippen MR) is 94.6 cm³/mol. The Bertz CT molecular complexity index is 749. The van der Waals surface area contributed by atoms with Crippen molar-refractivity contribution in [3.05, 3.63) is 36.0 Å². The molecule has 3 unspecified atom stereocenters. The van der Waals surface area contributed by atoms with Crippen molar-refractivity contribution in [1.29, 1.82) is 0 Å². The van der Waals surface area contributed by atoms with Gasteiger partial charge >= 0.3 is 5.97 Å². The topological polar surface area (TPSA) is 91.7 Å². The van der Waals surface area contributed by atoms with Gasteiger partial charge in [0.1, 0.15) is 5.75 Å². The summed E-state index contributed by atoms with van der Waals surface area (Å²) in [5, 5.41) is 24.1. The van der Waals surface area contributed by atoms with Crippen LogP contribution in [0.3, 0.4) is 0 Å². The van der Waals surface area contributed by atoms with Gasteiger partial charge in [0.2, 0.25) is 0 Å². The number of piperidine rings is 1. The van der Waals surface area contributed by atoms with Crippen LogP contribution in [0, 0.1) is 11.8 Å². The quantitative estimate of drug-likeness (QED) is 0.745. The molecule has 134 valence electrons. The number of ether oxygens (including phenoxy) is 1. The molecule has 6 heteroatoms. The number of nitrogens with zero attached hydrogens (tertiary/aromatic N) is 1. The predicted octanol–water partition coefficient (Wildman–Crippen LogP) is 2.37. The summed E-state index contributed by atoms with van der Waals surface area (Å²) >= 11 is 0. The number of hydrogen-bond acceptors (Lipinski definition) is 5. The fourth-order valence-corrected chi connectivity index (χ4v) is 3.64. The molecule has 0 amide bonds. The van der Waals surface area contributed by atoms with Gasteiger partial charge in [0.05, 0.1) is 24.6 Å². The standard InChI is InChI=1S/C19H24N2O4/c1-25-13-3-4-17-15(10-13)14(7-9-21-17)18(22)5-2-12-6-8-20-11-16(12)19(23)24/h3-4,7,9-10,12,16,18,20,22H,2,5-6,8,11H2,1H3,(H,23,24). The molecule has 3 N–H and O–H groups in total. The van der Waals surface area contributed by atoms with Crippen molar-refractivity contribution in [1.82, 2.24) is 10.3 Å². The molecular formula is C19H24N2O4. The first-order valence-corrected chi connectivity index (χ1v) is 8.64. The Hall–Kier alpha value is -2.18. The first kappa shape index (κ1) is 17.6. The molecule has 1 fully saturated rings. The largest absolute Gasteiger partial charge is 0.497 e. The second-order valence-corrected chi connectivity index (χ2v) is 6.57. The SMILES string of the molecule is COc1ccc2nccc(C(O)CCC3CCNCC3C(=O)O)c2c1. The second-order valence-electron chi connectivity index (χ2n) is 6.57. The van der Waals surface area contributed by atoms with Crippen molar-refractivity contribution in [2.75, 3.05) is 20.2 Å². The number of nitrogens with one attached hydrogen (secondary N) is 1. The summed E-state index contributed by atoms with van der Waals surface area (Å²) < 4.78 is 5.27. The zero-order valence-electron chi connectivity index (χ0n) is 14.3. The molecule has 1 aromatic carbocycles. The van der Waals surface area contributed by atoms with E-state index in [9.17, 15) is 15.0 Å². The van der Waals surface area contributed by atoms with Crippen LogP contribution in [0.4, 0.5) is 0 Å². The third kappa shape index (κ3) is 3.91. The maximum atomic E-state index is 11.4. The van der Waals surface area contributed by atoms with E-state index < -0.39 is 12.1 Å². The highest BCUT2D eigenvalue weighted by Crippen LogP contribution is 2.32. The van der Waals surface area contributed by atoms with E-state index in [1.165, 1.54) is 0 Å². The average Bonchev–Trinajstić information content (AvgIpc) is 2.65. The second kappa shape index (κ2) is 7.80. The van der Waals surface area contributed by atoms with E-state index in [0.29, 0.717) is 19.4 Å². The van der Waals surface area contributed by atoms with E-state index >= 15 is 0 Å². The number of pyridine rings is 1. The molecule has 3 rings (SSSR count). The lowest BCUT2D eigenvalue weighted by molar-refractivity contribution is -0.144. The monoisotopic (exact) mass is 344 g/mol. The van der Waals surface area contributed by atoms with Crippen LogP contribution in [0.25, 0.3) is 10.9 Å². The van der Waals surface area contributed by atoms with Gasteiger partial charge in [0.15, 0.2) is 0 Å². The highest BCUT2D eigenvalue weighted by atomic mass is 16.5. The molecule has 25 heavy (non-hydrogen) atoms. The van der Waals surface area contributed by atoms with Gasteiger partial charge in [0.25, 0.3) is 0 Å². The number of methoxy groups -OCH3 is 1. The number of aliphatic carboxylic acids is 1. The minimum atomic E-state index is -0.759. The molecule has 6 nitrogen and oxygen atoms in total. The number of aliphatic hydroxyl groups is 1. The third-order valence-corrected chi connectivity index (χ3v) is 5.09. The van der Waals surface area contributed by atoms with Crippen molar-refractivity contribution in [2.24, 2.45) is 11.8 Å². The van der Waals surface area contributed by atoms with Gasteiger partial charge in [-0.25, -0.2) is 0 Å². The van der Waals surface area contributed by atoms with Crippen LogP contribution in [0.15, 0.2) is 30.5 Å². The molecule has 1 saturated heterocycles. The van der Waals surface area contributed by atoms with Gasteiger partial charge in [0, 0.05) is 18.1 Å². The number of carboxylic acid groups (broad SMARTS) is 1.